The highest BCUT2D eigenvalue weighted by Gasteiger charge is 2.13. The summed E-state index contributed by atoms with van der Waals surface area (Å²) in [6, 6.07) is 12.5. The first-order chi connectivity index (χ1) is 13.6. The van der Waals surface area contributed by atoms with Crippen molar-refractivity contribution in [1.29, 1.82) is 0 Å². The molecule has 148 valence electrons. The first-order valence-electron chi connectivity index (χ1n) is 9.40. The summed E-state index contributed by atoms with van der Waals surface area (Å²) in [7, 11) is 0. The highest BCUT2D eigenvalue weighted by molar-refractivity contribution is 5.91. The molecule has 0 saturated heterocycles. The highest BCUT2D eigenvalue weighted by Crippen LogP contribution is 2.19. The minimum Gasteiger partial charge on any atom is -0.458 e. The van der Waals surface area contributed by atoms with Gasteiger partial charge in [0.15, 0.2) is 0 Å². The molecule has 2 rings (SSSR count). The van der Waals surface area contributed by atoms with Gasteiger partial charge in [-0.1, -0.05) is 38.1 Å². The molecule has 0 unspecified atom stereocenters. The fraction of sp³-hybridized carbons (Fsp3) is 0.304. The summed E-state index contributed by atoms with van der Waals surface area (Å²) in [6.07, 6.45) is 4.35. The van der Waals surface area contributed by atoms with Gasteiger partial charge in [-0.3, -0.25) is 0 Å². The van der Waals surface area contributed by atoms with Crippen LogP contribution in [0.1, 0.15) is 46.8 Å². The Bertz CT molecular complexity index is 808. The number of carbonyl (C=O) groups excluding carboxylic acids is 2. The normalized spacial score (nSPS) is 10.4. The molecule has 2 aromatic rings. The second-order valence-corrected chi connectivity index (χ2v) is 6.41. The second kappa shape index (κ2) is 11.0. The Labute approximate surface area is 165 Å². The summed E-state index contributed by atoms with van der Waals surface area (Å²) >= 11 is 0. The largest absolute Gasteiger partial charge is 0.458 e. The molecule has 0 aromatic heterocycles. The number of aliphatic hydroxyl groups is 1. The number of carbonyl (C=O) groups is 2. The van der Waals surface area contributed by atoms with Crippen molar-refractivity contribution in [2.75, 3.05) is 6.61 Å². The van der Waals surface area contributed by atoms with E-state index in [0.717, 1.165) is 42.0 Å². The fourth-order valence-corrected chi connectivity index (χ4v) is 2.78. The number of aryl methyl sites for hydroxylation is 2. The van der Waals surface area contributed by atoms with Crippen molar-refractivity contribution in [3.05, 3.63) is 77.4 Å². The Morgan fingerprint density at radius 1 is 1.07 bits per heavy atom. The van der Waals surface area contributed by atoms with Crippen LogP contribution in [-0.4, -0.2) is 23.7 Å². The number of aliphatic hydroxyl groups excluding tert-OH is 1. The molecule has 5 heteroatoms. The number of benzene rings is 2. The predicted molar refractivity (Wildman–Crippen MR) is 107 cm³/mol. The third kappa shape index (κ3) is 6.35. The Kier molecular flexibility index (Phi) is 8.43. The molecular weight excluding hydrogens is 356 g/mol. The average Bonchev–Trinajstić information content (AvgIpc) is 2.72. The van der Waals surface area contributed by atoms with E-state index in [0.29, 0.717) is 17.7 Å². The van der Waals surface area contributed by atoms with E-state index in [-0.39, 0.29) is 13.2 Å². The smallest absolute Gasteiger partial charge is 0.343 e. The van der Waals surface area contributed by atoms with Crippen molar-refractivity contribution >= 4 is 11.9 Å². The van der Waals surface area contributed by atoms with Gasteiger partial charge in [-0.2, -0.15) is 0 Å². The van der Waals surface area contributed by atoms with Gasteiger partial charge in [0.2, 0.25) is 0 Å². The lowest BCUT2D eigenvalue weighted by Crippen LogP contribution is -2.11. The monoisotopic (exact) mass is 382 g/mol. The zero-order valence-electron chi connectivity index (χ0n) is 16.1. The molecule has 0 saturated carbocycles. The molecular formula is C23H26O5. The second-order valence-electron chi connectivity index (χ2n) is 6.41. The van der Waals surface area contributed by atoms with Crippen LogP contribution in [-0.2, 0) is 29.0 Å². The third-order valence-electron chi connectivity index (χ3n) is 4.26. The van der Waals surface area contributed by atoms with Crippen molar-refractivity contribution in [2.24, 2.45) is 0 Å². The lowest BCUT2D eigenvalue weighted by atomic mass is 10.0. The van der Waals surface area contributed by atoms with E-state index in [4.69, 9.17) is 14.6 Å². The summed E-state index contributed by atoms with van der Waals surface area (Å²) in [4.78, 5) is 23.9. The van der Waals surface area contributed by atoms with Gasteiger partial charge in [0.1, 0.15) is 12.4 Å². The fourth-order valence-electron chi connectivity index (χ4n) is 2.78. The van der Waals surface area contributed by atoms with Gasteiger partial charge in [0.25, 0.3) is 0 Å². The van der Waals surface area contributed by atoms with E-state index in [1.54, 1.807) is 24.3 Å². The van der Waals surface area contributed by atoms with Crippen LogP contribution in [0, 0.1) is 0 Å². The molecule has 0 amide bonds. The molecule has 0 spiro atoms. The topological polar surface area (TPSA) is 72.8 Å². The predicted octanol–water partition coefficient (Wildman–Crippen LogP) is 4.01. The van der Waals surface area contributed by atoms with Gasteiger partial charge >= 0.3 is 11.9 Å². The Hall–Kier alpha value is -2.92. The van der Waals surface area contributed by atoms with E-state index in [2.05, 4.69) is 13.5 Å². The van der Waals surface area contributed by atoms with Gasteiger partial charge in [-0.05, 0) is 60.2 Å². The van der Waals surface area contributed by atoms with Crippen molar-refractivity contribution < 1.29 is 24.2 Å². The SMILES string of the molecule is C=CC(=O)OCc1cc(C(=O)Oc2ccc(CCCO)cc2)ccc1CCC. The Morgan fingerprint density at radius 3 is 2.46 bits per heavy atom. The number of esters is 2. The molecule has 0 atom stereocenters. The van der Waals surface area contributed by atoms with E-state index in [9.17, 15) is 9.59 Å². The van der Waals surface area contributed by atoms with Crippen molar-refractivity contribution in [1.82, 2.24) is 0 Å². The standard InChI is InChI=1S/C23H26O5/c1-3-6-18-10-11-19(15-20(18)16-27-22(25)4-2)23(26)28-21-12-8-17(9-13-21)7-5-14-24/h4,8-13,15,24H,2-3,5-7,14,16H2,1H3. The van der Waals surface area contributed by atoms with Crippen LogP contribution in [0.15, 0.2) is 55.1 Å². The molecule has 0 bridgehead atoms. The lowest BCUT2D eigenvalue weighted by Gasteiger charge is -2.11. The van der Waals surface area contributed by atoms with Crippen LogP contribution >= 0.6 is 0 Å². The van der Waals surface area contributed by atoms with Gasteiger partial charge in [0.05, 0.1) is 5.56 Å². The molecule has 5 nitrogen and oxygen atoms in total. The molecule has 0 aliphatic rings. The number of hydrogen-bond acceptors (Lipinski definition) is 5. The summed E-state index contributed by atoms with van der Waals surface area (Å²) in [5.41, 5.74) is 3.29. The van der Waals surface area contributed by atoms with Gasteiger partial charge in [-0.25, -0.2) is 9.59 Å². The summed E-state index contributed by atoms with van der Waals surface area (Å²) in [6.45, 7) is 5.68. The molecule has 28 heavy (non-hydrogen) atoms. The van der Waals surface area contributed by atoms with Crippen molar-refractivity contribution in [3.8, 4) is 5.75 Å². The highest BCUT2D eigenvalue weighted by atomic mass is 16.5. The summed E-state index contributed by atoms with van der Waals surface area (Å²) in [5.74, 6) is -0.519. The first kappa shape index (κ1) is 21.4. The Balaban J connectivity index is 2.11. The van der Waals surface area contributed by atoms with Crippen LogP contribution in [0.4, 0.5) is 0 Å². The Morgan fingerprint density at radius 2 is 1.82 bits per heavy atom. The van der Waals surface area contributed by atoms with E-state index < -0.39 is 11.9 Å². The maximum atomic E-state index is 12.5. The third-order valence-corrected chi connectivity index (χ3v) is 4.26. The number of hydrogen-bond donors (Lipinski definition) is 1. The van der Waals surface area contributed by atoms with Crippen molar-refractivity contribution in [2.45, 2.75) is 39.2 Å². The molecule has 1 N–H and O–H groups in total. The molecule has 0 heterocycles. The molecule has 0 aliphatic heterocycles. The zero-order chi connectivity index (χ0) is 20.4. The summed E-state index contributed by atoms with van der Waals surface area (Å²) in [5, 5.41) is 8.88. The molecule has 2 aromatic carbocycles. The summed E-state index contributed by atoms with van der Waals surface area (Å²) < 4.78 is 10.6. The van der Waals surface area contributed by atoms with Crippen LogP contribution in [0.5, 0.6) is 5.75 Å². The molecule has 0 radical (unpaired) electrons. The maximum Gasteiger partial charge on any atom is 0.343 e. The quantitative estimate of drug-likeness (QED) is 0.382. The van der Waals surface area contributed by atoms with Crippen molar-refractivity contribution in [3.63, 3.8) is 0 Å². The van der Waals surface area contributed by atoms with Gasteiger partial charge in [-0.15, -0.1) is 0 Å². The van der Waals surface area contributed by atoms with E-state index in [1.165, 1.54) is 0 Å². The van der Waals surface area contributed by atoms with Gasteiger partial charge < -0.3 is 14.6 Å². The number of ether oxygens (including phenoxy) is 2. The lowest BCUT2D eigenvalue weighted by molar-refractivity contribution is -0.138. The number of rotatable bonds is 10. The first-order valence-corrected chi connectivity index (χ1v) is 9.40. The maximum absolute atomic E-state index is 12.5. The van der Waals surface area contributed by atoms with Crippen LogP contribution in [0.2, 0.25) is 0 Å². The minimum absolute atomic E-state index is 0.0842. The molecule has 0 fully saturated rings. The molecule has 0 aliphatic carbocycles. The van der Waals surface area contributed by atoms with E-state index in [1.807, 2.05) is 18.2 Å². The van der Waals surface area contributed by atoms with Crippen LogP contribution in [0.3, 0.4) is 0 Å². The van der Waals surface area contributed by atoms with Crippen LogP contribution < -0.4 is 4.74 Å². The zero-order valence-corrected chi connectivity index (χ0v) is 16.1. The average molecular weight is 382 g/mol. The van der Waals surface area contributed by atoms with E-state index >= 15 is 0 Å². The minimum atomic E-state index is -0.503. The van der Waals surface area contributed by atoms with Crippen LogP contribution in [0.25, 0.3) is 0 Å². The van der Waals surface area contributed by atoms with Gasteiger partial charge in [0, 0.05) is 12.7 Å².